The first-order valence-corrected chi connectivity index (χ1v) is 13.7. The quantitative estimate of drug-likeness (QED) is 0.214. The van der Waals surface area contributed by atoms with Gasteiger partial charge < -0.3 is 16.4 Å². The largest absolute Gasteiger partial charge is 0.396 e. The van der Waals surface area contributed by atoms with E-state index in [-0.39, 0.29) is 5.91 Å². The second kappa shape index (κ2) is 16.3. The van der Waals surface area contributed by atoms with Crippen LogP contribution in [0.3, 0.4) is 0 Å². The Kier molecular flexibility index (Phi) is 13.2. The molecule has 3 heterocycles. The number of amides is 1. The Balaban J connectivity index is 0.000000276. The van der Waals surface area contributed by atoms with Gasteiger partial charge in [-0.15, -0.1) is 0 Å². The Bertz CT molecular complexity index is 1190. The Hall–Kier alpha value is -3.72. The van der Waals surface area contributed by atoms with Gasteiger partial charge in [0.15, 0.2) is 6.29 Å². The van der Waals surface area contributed by atoms with Gasteiger partial charge in [0.2, 0.25) is 5.91 Å². The number of likely N-dealkylation sites (tertiary alicyclic amines) is 1. The third-order valence-electron chi connectivity index (χ3n) is 6.58. The van der Waals surface area contributed by atoms with Crippen LogP contribution in [-0.2, 0) is 16.1 Å². The second-order valence-corrected chi connectivity index (χ2v) is 9.55. The molecular formula is C30H45N7O2. The van der Waals surface area contributed by atoms with E-state index in [2.05, 4.69) is 39.5 Å². The standard InChI is InChI=1S/C17H25N3O.C13H20N4O/c1-5-8-15(17(18)12-21)10-9-14(6-2)16-11-20(7-3)19-13(16)4;1-10-12(14-2)7-11(8-15-10)16-13(18)9-17-5-3-4-6-17/h6,9-12H,5,7-8,18H2,1-4H3;7-8,14H,3-6,9H2,1-2H3,(H,16,18)/b10-9-,14-6+,17-15+;. The maximum atomic E-state index is 11.9. The number of aryl methyl sites for hydroxylation is 3. The summed E-state index contributed by atoms with van der Waals surface area (Å²) >= 11 is 0. The van der Waals surface area contributed by atoms with Gasteiger partial charge in [0.25, 0.3) is 0 Å². The first-order valence-electron chi connectivity index (χ1n) is 13.7. The van der Waals surface area contributed by atoms with Crippen LogP contribution in [0.2, 0.25) is 0 Å². The second-order valence-electron chi connectivity index (χ2n) is 9.55. The summed E-state index contributed by atoms with van der Waals surface area (Å²) in [5.74, 6) is 0.0320. The average molecular weight is 536 g/mol. The van der Waals surface area contributed by atoms with E-state index in [9.17, 15) is 9.59 Å². The van der Waals surface area contributed by atoms with Crippen LogP contribution in [0.5, 0.6) is 0 Å². The molecular weight excluding hydrogens is 490 g/mol. The number of hydrogen-bond acceptors (Lipinski definition) is 7. The van der Waals surface area contributed by atoms with E-state index in [0.717, 1.165) is 71.9 Å². The van der Waals surface area contributed by atoms with Gasteiger partial charge in [-0.25, -0.2) is 0 Å². The van der Waals surface area contributed by atoms with Gasteiger partial charge in [0.05, 0.1) is 41.2 Å². The molecule has 0 aromatic carbocycles. The zero-order valence-corrected chi connectivity index (χ0v) is 24.4. The molecule has 0 unspecified atom stereocenters. The van der Waals surface area contributed by atoms with E-state index in [1.54, 1.807) is 6.20 Å². The third kappa shape index (κ3) is 9.83. The van der Waals surface area contributed by atoms with Crippen molar-refractivity contribution in [2.45, 2.75) is 66.8 Å². The Morgan fingerprint density at radius 3 is 2.44 bits per heavy atom. The molecule has 3 rings (SSSR count). The summed E-state index contributed by atoms with van der Waals surface area (Å²) in [6.45, 7) is 13.4. The number of hydrogen-bond donors (Lipinski definition) is 3. The number of allylic oxidation sites excluding steroid dienone is 6. The topological polar surface area (TPSA) is 118 Å². The van der Waals surface area contributed by atoms with E-state index >= 15 is 0 Å². The van der Waals surface area contributed by atoms with E-state index < -0.39 is 0 Å². The summed E-state index contributed by atoms with van der Waals surface area (Å²) in [4.78, 5) is 29.1. The molecule has 1 aliphatic heterocycles. The number of aromatic nitrogens is 3. The van der Waals surface area contributed by atoms with Crippen LogP contribution >= 0.6 is 0 Å². The van der Waals surface area contributed by atoms with Crippen LogP contribution in [0.4, 0.5) is 11.4 Å². The number of carbonyl (C=O) groups excluding carboxylic acids is 2. The molecule has 0 aliphatic carbocycles. The fourth-order valence-electron chi connectivity index (χ4n) is 4.36. The molecule has 212 valence electrons. The number of carbonyl (C=O) groups is 2. The van der Waals surface area contributed by atoms with E-state index in [1.165, 1.54) is 12.8 Å². The van der Waals surface area contributed by atoms with Gasteiger partial charge in [-0.2, -0.15) is 5.10 Å². The lowest BCUT2D eigenvalue weighted by atomic mass is 10.0. The predicted octanol–water partition coefficient (Wildman–Crippen LogP) is 4.85. The van der Waals surface area contributed by atoms with Crippen molar-refractivity contribution in [3.05, 3.63) is 64.9 Å². The number of rotatable bonds is 11. The highest BCUT2D eigenvalue weighted by Crippen LogP contribution is 2.21. The highest BCUT2D eigenvalue weighted by molar-refractivity contribution is 5.92. The number of pyridine rings is 1. The number of anilines is 2. The van der Waals surface area contributed by atoms with Crippen LogP contribution < -0.4 is 16.4 Å². The van der Waals surface area contributed by atoms with Gasteiger partial charge in [0, 0.05) is 25.4 Å². The molecule has 9 nitrogen and oxygen atoms in total. The molecule has 0 bridgehead atoms. The SMILES string of the molecule is CNc1cc(NC(=O)CN2CCCC2)cnc1C.C\C=C(/C=C\C(CCC)=C(\N)C=O)c1cn(CC)nc1C. The molecule has 4 N–H and O–H groups in total. The molecule has 0 spiro atoms. The molecule has 1 saturated heterocycles. The van der Waals surface area contributed by atoms with Crippen LogP contribution in [0.15, 0.2) is 48.0 Å². The van der Waals surface area contributed by atoms with Crippen molar-refractivity contribution < 1.29 is 9.59 Å². The van der Waals surface area contributed by atoms with Gasteiger partial charge in [-0.05, 0) is 77.3 Å². The predicted molar refractivity (Wildman–Crippen MR) is 160 cm³/mol. The summed E-state index contributed by atoms with van der Waals surface area (Å²) in [7, 11) is 1.85. The molecule has 1 amide bonds. The first-order chi connectivity index (χ1) is 18.8. The van der Waals surface area contributed by atoms with Crippen molar-refractivity contribution in [1.82, 2.24) is 19.7 Å². The van der Waals surface area contributed by atoms with Crippen molar-refractivity contribution in [2.24, 2.45) is 5.73 Å². The van der Waals surface area contributed by atoms with Gasteiger partial charge >= 0.3 is 0 Å². The Labute approximate surface area is 233 Å². The summed E-state index contributed by atoms with van der Waals surface area (Å²) in [5.41, 5.74) is 12.7. The fraction of sp³-hybridized carbons (Fsp3) is 0.467. The number of aldehydes is 1. The molecule has 2 aromatic heterocycles. The van der Waals surface area contributed by atoms with Crippen LogP contribution in [0, 0.1) is 13.8 Å². The Morgan fingerprint density at radius 2 is 1.87 bits per heavy atom. The lowest BCUT2D eigenvalue weighted by Gasteiger charge is -2.14. The average Bonchev–Trinajstić information content (AvgIpc) is 3.58. The van der Waals surface area contributed by atoms with Gasteiger partial charge in [0.1, 0.15) is 0 Å². The van der Waals surface area contributed by atoms with Crippen LogP contribution in [0.1, 0.15) is 63.4 Å². The maximum Gasteiger partial charge on any atom is 0.238 e. The molecule has 9 heteroatoms. The molecule has 39 heavy (non-hydrogen) atoms. The van der Waals surface area contributed by atoms with Crippen LogP contribution in [0.25, 0.3) is 5.57 Å². The maximum absolute atomic E-state index is 11.9. The minimum atomic E-state index is 0.0320. The zero-order chi connectivity index (χ0) is 28.8. The third-order valence-corrected chi connectivity index (χ3v) is 6.58. The monoisotopic (exact) mass is 535 g/mol. The Morgan fingerprint density at radius 1 is 1.15 bits per heavy atom. The summed E-state index contributed by atoms with van der Waals surface area (Å²) in [6, 6.07) is 1.91. The minimum Gasteiger partial charge on any atom is -0.396 e. The lowest BCUT2D eigenvalue weighted by molar-refractivity contribution is -0.117. The van der Waals surface area contributed by atoms with Gasteiger partial charge in [-0.3, -0.25) is 24.2 Å². The smallest absolute Gasteiger partial charge is 0.238 e. The first kappa shape index (κ1) is 31.5. The van der Waals surface area contributed by atoms with E-state index in [1.807, 2.05) is 63.0 Å². The number of nitrogens with two attached hydrogens (primary N) is 1. The van der Waals surface area contributed by atoms with Crippen molar-refractivity contribution in [1.29, 1.82) is 0 Å². The summed E-state index contributed by atoms with van der Waals surface area (Å²) in [5, 5.41) is 10.4. The zero-order valence-electron chi connectivity index (χ0n) is 24.4. The van der Waals surface area contributed by atoms with Crippen molar-refractivity contribution in [3.8, 4) is 0 Å². The van der Waals surface area contributed by atoms with Crippen molar-refractivity contribution in [2.75, 3.05) is 37.3 Å². The van der Waals surface area contributed by atoms with Crippen molar-refractivity contribution in [3.63, 3.8) is 0 Å². The summed E-state index contributed by atoms with van der Waals surface area (Å²) < 4.78 is 1.92. The highest BCUT2D eigenvalue weighted by Gasteiger charge is 2.15. The van der Waals surface area contributed by atoms with Crippen molar-refractivity contribution >= 4 is 29.1 Å². The van der Waals surface area contributed by atoms with E-state index in [0.29, 0.717) is 18.5 Å². The normalized spacial score (nSPS) is 14.6. The number of nitrogens with zero attached hydrogens (tertiary/aromatic N) is 4. The molecule has 0 saturated carbocycles. The molecule has 2 aromatic rings. The molecule has 0 radical (unpaired) electrons. The van der Waals surface area contributed by atoms with Crippen LogP contribution in [-0.4, -0.2) is 58.5 Å². The molecule has 0 atom stereocenters. The molecule has 1 aliphatic rings. The minimum absolute atomic E-state index is 0.0320. The lowest BCUT2D eigenvalue weighted by Crippen LogP contribution is -2.30. The van der Waals surface area contributed by atoms with Gasteiger partial charge in [-0.1, -0.05) is 31.6 Å². The summed E-state index contributed by atoms with van der Waals surface area (Å²) in [6.07, 6.45) is 14.6. The van der Waals surface area contributed by atoms with E-state index in [4.69, 9.17) is 5.73 Å². The number of nitrogens with one attached hydrogen (secondary N) is 2. The highest BCUT2D eigenvalue weighted by atomic mass is 16.2. The fourth-order valence-corrected chi connectivity index (χ4v) is 4.36. The molecule has 1 fully saturated rings.